The van der Waals surface area contributed by atoms with Gasteiger partial charge in [0, 0.05) is 20.6 Å². The summed E-state index contributed by atoms with van der Waals surface area (Å²) < 4.78 is 4.25. The standard InChI is InChI=1S/C2H6O.CH3Cl.H2O/c1-3-2;1-2;/h1-2H3;1H3;1H2. The molecule has 0 saturated heterocycles. The summed E-state index contributed by atoms with van der Waals surface area (Å²) in [6.07, 6.45) is 1.47. The number of alkyl halides is 1. The Kier molecular flexibility index (Phi) is 172. The largest absolute Gasteiger partial charge is 0.412 e. The highest BCUT2D eigenvalue weighted by Gasteiger charge is 1.25. The maximum absolute atomic E-state index is 4.64. The Morgan fingerprint density at radius 1 is 1.17 bits per heavy atom. The zero-order valence-corrected chi connectivity index (χ0v) is 5.04. The van der Waals surface area contributed by atoms with Crippen molar-refractivity contribution in [3.8, 4) is 0 Å². The van der Waals surface area contributed by atoms with E-state index in [1.165, 1.54) is 6.38 Å². The second-order valence-electron chi connectivity index (χ2n) is 0.408. The third-order valence-corrected chi connectivity index (χ3v) is 0. The summed E-state index contributed by atoms with van der Waals surface area (Å²) in [4.78, 5) is 0. The molecule has 0 saturated carbocycles. The number of rotatable bonds is 0. The first-order valence-corrected chi connectivity index (χ1v) is 1.95. The predicted octanol–water partition coefficient (Wildman–Crippen LogP) is 0.293. The molecule has 0 fully saturated rings. The molecule has 42 valence electrons. The highest BCUT2D eigenvalue weighted by molar-refractivity contribution is 6.15. The van der Waals surface area contributed by atoms with Gasteiger partial charge < -0.3 is 10.2 Å². The van der Waals surface area contributed by atoms with Crippen molar-refractivity contribution in [2.24, 2.45) is 0 Å². The van der Waals surface area contributed by atoms with Crippen molar-refractivity contribution in [3.63, 3.8) is 0 Å². The third kappa shape index (κ3) is 984. The third-order valence-electron chi connectivity index (χ3n) is 0. The second kappa shape index (κ2) is 63.1. The van der Waals surface area contributed by atoms with Crippen LogP contribution in [0.1, 0.15) is 0 Å². The van der Waals surface area contributed by atoms with E-state index in [1.54, 1.807) is 14.2 Å². The molecule has 0 aliphatic carbocycles. The SMILES string of the molecule is CCl.COC.O. The van der Waals surface area contributed by atoms with Crippen molar-refractivity contribution in [2.45, 2.75) is 0 Å². The second-order valence-corrected chi connectivity index (χ2v) is 0.408. The Hall–Kier alpha value is 0.210. The van der Waals surface area contributed by atoms with Crippen LogP contribution >= 0.6 is 11.6 Å². The molecule has 0 rings (SSSR count). The smallest absolute Gasteiger partial charge is 0.0351 e. The summed E-state index contributed by atoms with van der Waals surface area (Å²) in [5.74, 6) is 0. The van der Waals surface area contributed by atoms with E-state index in [4.69, 9.17) is 0 Å². The van der Waals surface area contributed by atoms with Gasteiger partial charge in [-0.05, 0) is 0 Å². The maximum Gasteiger partial charge on any atom is 0.0351 e. The summed E-state index contributed by atoms with van der Waals surface area (Å²) in [5, 5.41) is 0. The number of ether oxygens (including phenoxy) is 1. The first kappa shape index (κ1) is 16.4. The lowest BCUT2D eigenvalue weighted by atomic mass is 11.6. The summed E-state index contributed by atoms with van der Waals surface area (Å²) in [6, 6.07) is 0. The lowest BCUT2D eigenvalue weighted by Crippen LogP contribution is -1.55. The Bertz CT molecular complexity index is 8.75. The molecular weight excluding hydrogens is 103 g/mol. The minimum Gasteiger partial charge on any atom is -0.412 e. The van der Waals surface area contributed by atoms with E-state index in [0.29, 0.717) is 0 Å². The molecule has 0 aromatic rings. The van der Waals surface area contributed by atoms with Crippen LogP contribution in [0.3, 0.4) is 0 Å². The molecule has 0 amide bonds. The zero-order valence-electron chi connectivity index (χ0n) is 4.29. The highest BCUT2D eigenvalue weighted by atomic mass is 35.5. The Morgan fingerprint density at radius 3 is 1.17 bits per heavy atom. The van der Waals surface area contributed by atoms with Gasteiger partial charge in [-0.3, -0.25) is 0 Å². The molecule has 2 N–H and O–H groups in total. The van der Waals surface area contributed by atoms with Gasteiger partial charge in [-0.1, -0.05) is 0 Å². The van der Waals surface area contributed by atoms with Gasteiger partial charge in [0.25, 0.3) is 0 Å². The van der Waals surface area contributed by atoms with Crippen molar-refractivity contribution >= 4 is 11.6 Å². The average Bonchev–Trinajstić information content (AvgIpc) is 1.46. The average molecular weight is 115 g/mol. The van der Waals surface area contributed by atoms with Gasteiger partial charge in [0.05, 0.1) is 0 Å². The lowest BCUT2D eigenvalue weighted by molar-refractivity contribution is 0.277. The van der Waals surface area contributed by atoms with Crippen molar-refractivity contribution in [1.29, 1.82) is 0 Å². The predicted molar refractivity (Wildman–Crippen MR) is 28.3 cm³/mol. The molecule has 2 nitrogen and oxygen atoms in total. The molecule has 0 aromatic carbocycles. The number of methoxy groups -OCH3 is 1. The van der Waals surface area contributed by atoms with E-state index in [1.807, 2.05) is 0 Å². The van der Waals surface area contributed by atoms with Crippen LogP contribution in [0, 0.1) is 0 Å². The van der Waals surface area contributed by atoms with Crippen LogP contribution in [-0.2, 0) is 4.74 Å². The van der Waals surface area contributed by atoms with Crippen molar-refractivity contribution in [3.05, 3.63) is 0 Å². The monoisotopic (exact) mass is 114 g/mol. The van der Waals surface area contributed by atoms with Crippen LogP contribution in [0.4, 0.5) is 0 Å². The van der Waals surface area contributed by atoms with Crippen LogP contribution in [0.5, 0.6) is 0 Å². The molecule has 0 unspecified atom stereocenters. The normalized spacial score (nSPS) is 4.00. The van der Waals surface area contributed by atoms with E-state index >= 15 is 0 Å². The molecule has 0 aromatic heterocycles. The van der Waals surface area contributed by atoms with Crippen LogP contribution in [0.25, 0.3) is 0 Å². The van der Waals surface area contributed by atoms with Gasteiger partial charge in [0.15, 0.2) is 0 Å². The molecule has 0 heterocycles. The number of hydrogen-bond acceptors (Lipinski definition) is 1. The van der Waals surface area contributed by atoms with Crippen LogP contribution in [0.15, 0.2) is 0 Å². The Labute approximate surface area is 43.4 Å². The number of halogens is 1. The molecule has 0 radical (unpaired) electrons. The van der Waals surface area contributed by atoms with E-state index < -0.39 is 0 Å². The topological polar surface area (TPSA) is 40.7 Å². The van der Waals surface area contributed by atoms with Crippen LogP contribution in [0.2, 0.25) is 0 Å². The van der Waals surface area contributed by atoms with Gasteiger partial charge in [-0.2, -0.15) is 0 Å². The molecule has 6 heavy (non-hydrogen) atoms. The minimum absolute atomic E-state index is 0. The van der Waals surface area contributed by atoms with E-state index in [9.17, 15) is 0 Å². The fourth-order valence-electron chi connectivity index (χ4n) is 0. The fourth-order valence-corrected chi connectivity index (χ4v) is 0. The first-order valence-electron chi connectivity index (χ1n) is 1.19. The molecule has 0 atom stereocenters. The summed E-state index contributed by atoms with van der Waals surface area (Å²) in [7, 11) is 3.25. The van der Waals surface area contributed by atoms with Gasteiger partial charge in [0.1, 0.15) is 0 Å². The van der Waals surface area contributed by atoms with Crippen molar-refractivity contribution < 1.29 is 10.2 Å². The maximum atomic E-state index is 4.64. The quantitative estimate of drug-likeness (QED) is 0.418. The Balaban J connectivity index is -0.0000000275. The van der Waals surface area contributed by atoms with E-state index in [0.717, 1.165) is 0 Å². The Morgan fingerprint density at radius 2 is 1.17 bits per heavy atom. The summed E-state index contributed by atoms with van der Waals surface area (Å²) in [6.45, 7) is 0. The van der Waals surface area contributed by atoms with E-state index in [2.05, 4.69) is 16.3 Å². The van der Waals surface area contributed by atoms with Crippen molar-refractivity contribution in [1.82, 2.24) is 0 Å². The van der Waals surface area contributed by atoms with Gasteiger partial charge >= 0.3 is 0 Å². The molecule has 0 aliphatic rings. The summed E-state index contributed by atoms with van der Waals surface area (Å²) >= 11 is 4.64. The van der Waals surface area contributed by atoms with Crippen LogP contribution < -0.4 is 0 Å². The highest BCUT2D eigenvalue weighted by Crippen LogP contribution is 1.34. The molecular formula is C3H11ClO2. The fraction of sp³-hybridized carbons (Fsp3) is 1.00. The minimum atomic E-state index is 0. The molecule has 0 aliphatic heterocycles. The van der Waals surface area contributed by atoms with Gasteiger partial charge in [-0.15, -0.1) is 11.6 Å². The first-order chi connectivity index (χ1) is 2.41. The number of hydrogen-bond donors (Lipinski definition) is 0. The molecule has 0 bridgehead atoms. The van der Waals surface area contributed by atoms with Crippen LogP contribution in [-0.4, -0.2) is 26.1 Å². The van der Waals surface area contributed by atoms with E-state index in [-0.39, 0.29) is 5.48 Å². The molecule has 3 heteroatoms. The van der Waals surface area contributed by atoms with Gasteiger partial charge in [0.2, 0.25) is 0 Å². The van der Waals surface area contributed by atoms with Gasteiger partial charge in [-0.25, -0.2) is 0 Å². The lowest BCUT2D eigenvalue weighted by Gasteiger charge is -1.61. The van der Waals surface area contributed by atoms with Crippen molar-refractivity contribution in [2.75, 3.05) is 20.6 Å². The zero-order chi connectivity index (χ0) is 4.71. The summed E-state index contributed by atoms with van der Waals surface area (Å²) in [5.41, 5.74) is 0. The molecule has 0 spiro atoms.